The maximum absolute atomic E-state index is 13.7. The molecule has 0 radical (unpaired) electrons. The Morgan fingerprint density at radius 1 is 0.952 bits per heavy atom. The maximum atomic E-state index is 13.7. The molecule has 1 aliphatic rings. The Hall–Kier alpha value is -4.17. The van der Waals surface area contributed by atoms with Crippen LogP contribution in [0, 0.1) is 13.8 Å². The first kappa shape index (κ1) is 30.8. The van der Waals surface area contributed by atoms with Crippen molar-refractivity contribution < 1.29 is 19.1 Å². The van der Waals surface area contributed by atoms with E-state index in [1.54, 1.807) is 18.0 Å². The Morgan fingerprint density at radius 2 is 1.71 bits per heavy atom. The van der Waals surface area contributed by atoms with E-state index in [-0.39, 0.29) is 11.8 Å². The molecule has 4 rings (SSSR count). The molecule has 3 amide bonds. The number of piperazine rings is 1. The lowest BCUT2D eigenvalue weighted by Gasteiger charge is -2.32. The van der Waals surface area contributed by atoms with E-state index in [2.05, 4.69) is 17.3 Å². The third-order valence-corrected chi connectivity index (χ3v) is 7.85. The molecule has 1 saturated heterocycles. The van der Waals surface area contributed by atoms with Gasteiger partial charge in [0.2, 0.25) is 12.3 Å². The van der Waals surface area contributed by atoms with Gasteiger partial charge in [-0.1, -0.05) is 36.4 Å². The van der Waals surface area contributed by atoms with Gasteiger partial charge in [0.25, 0.3) is 5.91 Å². The van der Waals surface area contributed by atoms with E-state index in [1.165, 1.54) is 0 Å². The van der Waals surface area contributed by atoms with E-state index < -0.39 is 0 Å². The second-order valence-electron chi connectivity index (χ2n) is 11.0. The molecule has 1 N–H and O–H groups in total. The topological polar surface area (TPSA) is 82.2 Å². The normalized spacial score (nSPS) is 13.5. The molecule has 3 aromatic carbocycles. The molecule has 0 aromatic heterocycles. The first-order valence-electron chi connectivity index (χ1n) is 14.7. The monoisotopic (exact) mass is 570 g/mol. The van der Waals surface area contributed by atoms with E-state index >= 15 is 0 Å². The van der Waals surface area contributed by atoms with Crippen LogP contribution in [-0.4, -0.2) is 74.9 Å². The third-order valence-electron chi connectivity index (χ3n) is 7.85. The fourth-order valence-electron chi connectivity index (χ4n) is 5.23. The maximum Gasteiger partial charge on any atom is 0.260 e. The van der Waals surface area contributed by atoms with Gasteiger partial charge in [-0.15, -0.1) is 0 Å². The summed E-state index contributed by atoms with van der Waals surface area (Å²) in [5, 5.41) is 2.71. The highest BCUT2D eigenvalue weighted by Gasteiger charge is 2.22. The molecule has 8 heteroatoms. The Kier molecular flexibility index (Phi) is 10.7. The summed E-state index contributed by atoms with van der Waals surface area (Å²) in [5.74, 6) is 0.605. The van der Waals surface area contributed by atoms with E-state index in [0.717, 1.165) is 67.7 Å². The predicted octanol–water partition coefficient (Wildman–Crippen LogP) is 5.53. The van der Waals surface area contributed by atoms with Crippen LogP contribution < -0.4 is 15.0 Å². The standard InChI is InChI=1S/C34H42N4O4/c1-25-13-16-31(32(22-25)42-21-9-5-6-12-33(40)38-19-17-36(3)18-20-38)37(4)34(41)29-15-14-27(23-30(29)35-24-39)28-11-8-7-10-26(28)2/h7-8,10-11,13-16,22-24H,5-6,9,12,17-21H2,1-4H3,(H,35,39). The SMILES string of the molecule is Cc1ccc(N(C)C(=O)c2ccc(-c3ccccc3C)cc2NC=O)c(OCCCCCC(=O)N2CCN(C)CC2)c1. The van der Waals surface area contributed by atoms with Crippen molar-refractivity contribution in [2.24, 2.45) is 0 Å². The van der Waals surface area contributed by atoms with Gasteiger partial charge in [-0.2, -0.15) is 0 Å². The molecule has 222 valence electrons. The van der Waals surface area contributed by atoms with Gasteiger partial charge >= 0.3 is 0 Å². The van der Waals surface area contributed by atoms with Gasteiger partial charge in [-0.3, -0.25) is 14.4 Å². The van der Waals surface area contributed by atoms with Crippen molar-refractivity contribution in [2.75, 3.05) is 57.1 Å². The molecule has 0 saturated carbocycles. The third kappa shape index (κ3) is 7.76. The highest BCUT2D eigenvalue weighted by Crippen LogP contribution is 2.33. The van der Waals surface area contributed by atoms with Crippen molar-refractivity contribution in [2.45, 2.75) is 39.5 Å². The summed E-state index contributed by atoms with van der Waals surface area (Å²) in [6, 6.07) is 19.2. The Labute approximate surface area is 249 Å². The van der Waals surface area contributed by atoms with Crippen LogP contribution in [0.25, 0.3) is 11.1 Å². The van der Waals surface area contributed by atoms with E-state index in [1.807, 2.05) is 73.3 Å². The van der Waals surface area contributed by atoms with Gasteiger partial charge < -0.3 is 24.8 Å². The molecular formula is C34H42N4O4. The Balaban J connectivity index is 1.38. The number of nitrogens with one attached hydrogen (secondary N) is 1. The van der Waals surface area contributed by atoms with Gasteiger partial charge in [-0.25, -0.2) is 0 Å². The van der Waals surface area contributed by atoms with Crippen LogP contribution in [-0.2, 0) is 9.59 Å². The summed E-state index contributed by atoms with van der Waals surface area (Å²) in [5.41, 5.74) is 5.57. The fourth-order valence-corrected chi connectivity index (χ4v) is 5.23. The number of amides is 3. The van der Waals surface area contributed by atoms with Gasteiger partial charge in [0, 0.05) is 39.6 Å². The highest BCUT2D eigenvalue weighted by atomic mass is 16.5. The van der Waals surface area contributed by atoms with Gasteiger partial charge in [-0.05, 0) is 86.7 Å². The van der Waals surface area contributed by atoms with Crippen molar-refractivity contribution in [1.29, 1.82) is 0 Å². The molecule has 1 heterocycles. The van der Waals surface area contributed by atoms with Crippen LogP contribution in [0.15, 0.2) is 60.7 Å². The summed E-state index contributed by atoms with van der Waals surface area (Å²) in [7, 11) is 3.80. The minimum absolute atomic E-state index is 0.237. The number of anilines is 2. The first-order chi connectivity index (χ1) is 20.3. The number of carbonyl (C=O) groups is 3. The Morgan fingerprint density at radius 3 is 2.45 bits per heavy atom. The van der Waals surface area contributed by atoms with Gasteiger partial charge in [0.1, 0.15) is 5.75 Å². The molecule has 0 atom stereocenters. The number of hydrogen-bond acceptors (Lipinski definition) is 5. The number of carbonyl (C=O) groups excluding carboxylic acids is 3. The van der Waals surface area contributed by atoms with Gasteiger partial charge in [0.15, 0.2) is 0 Å². The largest absolute Gasteiger partial charge is 0.491 e. The summed E-state index contributed by atoms with van der Waals surface area (Å²) in [6.45, 7) is 7.99. The lowest BCUT2D eigenvalue weighted by Crippen LogP contribution is -2.47. The number of aryl methyl sites for hydroxylation is 2. The highest BCUT2D eigenvalue weighted by molar-refractivity contribution is 6.11. The van der Waals surface area contributed by atoms with Crippen LogP contribution >= 0.6 is 0 Å². The average molecular weight is 571 g/mol. The molecule has 1 aliphatic heterocycles. The lowest BCUT2D eigenvalue weighted by atomic mass is 9.98. The second kappa shape index (κ2) is 14.6. The van der Waals surface area contributed by atoms with E-state index in [0.29, 0.717) is 42.1 Å². The summed E-state index contributed by atoms with van der Waals surface area (Å²) in [4.78, 5) is 43.4. The second-order valence-corrected chi connectivity index (χ2v) is 11.0. The zero-order valence-corrected chi connectivity index (χ0v) is 25.2. The van der Waals surface area contributed by atoms with Crippen LogP contribution in [0.2, 0.25) is 0 Å². The van der Waals surface area contributed by atoms with E-state index in [9.17, 15) is 14.4 Å². The van der Waals surface area contributed by atoms with Crippen LogP contribution in [0.5, 0.6) is 5.75 Å². The smallest absolute Gasteiger partial charge is 0.260 e. The molecule has 42 heavy (non-hydrogen) atoms. The van der Waals surface area contributed by atoms with Crippen LogP contribution in [0.4, 0.5) is 11.4 Å². The molecule has 1 fully saturated rings. The van der Waals surface area contributed by atoms with Gasteiger partial charge in [0.05, 0.1) is 23.5 Å². The minimum atomic E-state index is -0.258. The molecule has 8 nitrogen and oxygen atoms in total. The molecular weight excluding hydrogens is 528 g/mol. The van der Waals surface area contributed by atoms with Crippen molar-refractivity contribution in [3.8, 4) is 16.9 Å². The molecule has 3 aromatic rings. The first-order valence-corrected chi connectivity index (χ1v) is 14.7. The molecule has 0 unspecified atom stereocenters. The minimum Gasteiger partial charge on any atom is -0.491 e. The van der Waals surface area contributed by atoms with Crippen molar-refractivity contribution in [3.63, 3.8) is 0 Å². The molecule has 0 bridgehead atoms. The number of ether oxygens (including phenoxy) is 1. The van der Waals surface area contributed by atoms with Crippen LogP contribution in [0.3, 0.4) is 0 Å². The molecule has 0 spiro atoms. The Bertz CT molecular complexity index is 1400. The number of benzene rings is 3. The number of unbranched alkanes of at least 4 members (excludes halogenated alkanes) is 2. The average Bonchev–Trinajstić information content (AvgIpc) is 2.99. The number of hydrogen-bond donors (Lipinski definition) is 1. The quantitative estimate of drug-likeness (QED) is 0.229. The fraction of sp³-hybridized carbons (Fsp3) is 0.382. The van der Waals surface area contributed by atoms with Crippen LogP contribution in [0.1, 0.15) is 47.2 Å². The molecule has 0 aliphatic carbocycles. The van der Waals surface area contributed by atoms with Crippen molar-refractivity contribution in [1.82, 2.24) is 9.80 Å². The summed E-state index contributed by atoms with van der Waals surface area (Å²) < 4.78 is 6.16. The number of nitrogens with zero attached hydrogens (tertiary/aromatic N) is 3. The summed E-state index contributed by atoms with van der Waals surface area (Å²) in [6.07, 6.45) is 3.69. The lowest BCUT2D eigenvalue weighted by molar-refractivity contribution is -0.132. The summed E-state index contributed by atoms with van der Waals surface area (Å²) >= 11 is 0. The van der Waals surface area contributed by atoms with E-state index in [4.69, 9.17) is 4.74 Å². The number of rotatable bonds is 12. The van der Waals surface area contributed by atoms with Crippen molar-refractivity contribution in [3.05, 3.63) is 77.4 Å². The zero-order chi connectivity index (χ0) is 30.1. The van der Waals surface area contributed by atoms with Crippen molar-refractivity contribution >= 4 is 29.6 Å². The predicted molar refractivity (Wildman–Crippen MR) is 168 cm³/mol. The zero-order valence-electron chi connectivity index (χ0n) is 25.2. The number of likely N-dealkylation sites (N-methyl/N-ethyl adjacent to an activating group) is 1.